The molecule has 5 nitrogen and oxygen atoms in total. The van der Waals surface area contributed by atoms with Gasteiger partial charge in [0.15, 0.2) is 0 Å². The third-order valence-corrected chi connectivity index (χ3v) is 4.97. The Morgan fingerprint density at radius 2 is 1.13 bits per heavy atom. The van der Waals surface area contributed by atoms with Crippen molar-refractivity contribution in [1.82, 2.24) is 0 Å². The molecule has 0 bridgehead atoms. The van der Waals surface area contributed by atoms with E-state index in [4.69, 9.17) is 18.4 Å². The molecule has 23 heavy (non-hydrogen) atoms. The molecular formula is C17H38O5Si. The minimum absolute atomic E-state index is 0.342. The average Bonchev–Trinajstić information content (AvgIpc) is 2.51. The predicted octanol–water partition coefficient (Wildman–Crippen LogP) is 4.41. The lowest BCUT2D eigenvalue weighted by molar-refractivity contribution is -0.137. The second kappa shape index (κ2) is 21.6. The van der Waals surface area contributed by atoms with Crippen LogP contribution in [0.4, 0.5) is 0 Å². The zero-order valence-corrected chi connectivity index (χ0v) is 16.8. The smallest absolute Gasteiger partial charge is 0.481 e. The molecule has 0 aromatic heterocycles. The van der Waals surface area contributed by atoms with Gasteiger partial charge in [-0.1, -0.05) is 51.9 Å². The van der Waals surface area contributed by atoms with E-state index < -0.39 is 15.5 Å². The van der Waals surface area contributed by atoms with Crippen LogP contribution in [0.5, 0.6) is 0 Å². The molecule has 0 aromatic carbocycles. The fourth-order valence-electron chi connectivity index (χ4n) is 1.96. The summed E-state index contributed by atoms with van der Waals surface area (Å²) in [5, 5.41) is 8.39. The lowest BCUT2D eigenvalue weighted by Crippen LogP contribution is -2.27. The van der Waals surface area contributed by atoms with Crippen LogP contribution in [0.3, 0.4) is 0 Å². The van der Waals surface area contributed by atoms with Crippen LogP contribution in [0.25, 0.3) is 0 Å². The number of aliphatic carboxylic acids is 1. The van der Waals surface area contributed by atoms with Gasteiger partial charge in [-0.05, 0) is 27.2 Å². The zero-order chi connectivity index (χ0) is 17.8. The van der Waals surface area contributed by atoms with Gasteiger partial charge in [-0.2, -0.15) is 0 Å². The van der Waals surface area contributed by atoms with Crippen LogP contribution in [0.15, 0.2) is 0 Å². The Hall–Kier alpha value is -0.433. The van der Waals surface area contributed by atoms with Crippen LogP contribution >= 0.6 is 0 Å². The molecule has 0 unspecified atom stereocenters. The van der Waals surface area contributed by atoms with Crippen molar-refractivity contribution in [2.24, 2.45) is 0 Å². The lowest BCUT2D eigenvalue weighted by atomic mass is 10.1. The molecule has 0 spiro atoms. The molecule has 6 heteroatoms. The summed E-state index contributed by atoms with van der Waals surface area (Å²) in [6.07, 6.45) is 10.1. The third-order valence-electron chi connectivity index (χ3n) is 3.15. The third kappa shape index (κ3) is 24.0. The van der Waals surface area contributed by atoms with Crippen molar-refractivity contribution in [1.29, 1.82) is 0 Å². The summed E-state index contributed by atoms with van der Waals surface area (Å²) in [4.78, 5) is 10.2. The van der Waals surface area contributed by atoms with Gasteiger partial charge in [-0.25, -0.2) is 0 Å². The number of unbranched alkanes of at least 4 members (excludes halogenated alkanes) is 7. The van der Waals surface area contributed by atoms with E-state index in [1.807, 2.05) is 20.8 Å². The molecule has 0 amide bonds. The Balaban J connectivity index is 0. The SMILES string of the molecule is CCCCCCCCCCC(=O)O.CCO[SiH](OCC)OCC. The van der Waals surface area contributed by atoms with Gasteiger partial charge < -0.3 is 18.4 Å². The first-order valence-corrected chi connectivity index (χ1v) is 10.6. The van der Waals surface area contributed by atoms with Gasteiger partial charge in [0.25, 0.3) is 0 Å². The fourth-order valence-corrected chi connectivity index (χ4v) is 3.07. The number of carboxylic acids is 1. The number of carbonyl (C=O) groups is 1. The monoisotopic (exact) mass is 350 g/mol. The van der Waals surface area contributed by atoms with Crippen molar-refractivity contribution in [2.45, 2.75) is 85.5 Å². The van der Waals surface area contributed by atoms with Crippen molar-refractivity contribution in [2.75, 3.05) is 19.8 Å². The van der Waals surface area contributed by atoms with Crippen LogP contribution in [0.1, 0.15) is 85.5 Å². The molecule has 0 atom stereocenters. The Morgan fingerprint density at radius 1 is 0.739 bits per heavy atom. The van der Waals surface area contributed by atoms with E-state index in [1.165, 1.54) is 38.5 Å². The van der Waals surface area contributed by atoms with Crippen molar-refractivity contribution >= 4 is 15.5 Å². The molecule has 0 aliphatic heterocycles. The summed E-state index contributed by atoms with van der Waals surface area (Å²) >= 11 is 0. The highest BCUT2D eigenvalue weighted by Gasteiger charge is 2.11. The van der Waals surface area contributed by atoms with Crippen molar-refractivity contribution < 1.29 is 23.2 Å². The second-order valence-electron chi connectivity index (χ2n) is 5.27. The Bertz CT molecular complexity index is 225. The van der Waals surface area contributed by atoms with Crippen LogP contribution in [-0.2, 0) is 18.1 Å². The number of rotatable bonds is 15. The molecule has 0 radical (unpaired) electrons. The first kappa shape index (κ1) is 24.8. The van der Waals surface area contributed by atoms with Gasteiger partial charge in [-0.3, -0.25) is 4.79 Å². The molecule has 0 aliphatic rings. The summed E-state index contributed by atoms with van der Waals surface area (Å²) in [6.45, 7) is 10.1. The normalized spacial score (nSPS) is 10.5. The largest absolute Gasteiger partial charge is 0.484 e. The maximum atomic E-state index is 10.2. The average molecular weight is 351 g/mol. The fraction of sp³-hybridized carbons (Fsp3) is 0.941. The number of hydrogen-bond donors (Lipinski definition) is 1. The summed E-state index contributed by atoms with van der Waals surface area (Å²) in [7, 11) is -1.73. The molecule has 0 aromatic rings. The zero-order valence-electron chi connectivity index (χ0n) is 15.6. The van der Waals surface area contributed by atoms with E-state index in [0.29, 0.717) is 26.2 Å². The van der Waals surface area contributed by atoms with Gasteiger partial charge in [0.1, 0.15) is 0 Å². The van der Waals surface area contributed by atoms with E-state index in [9.17, 15) is 4.79 Å². The lowest BCUT2D eigenvalue weighted by Gasteiger charge is -2.12. The summed E-state index contributed by atoms with van der Waals surface area (Å²) in [5.74, 6) is -0.661. The van der Waals surface area contributed by atoms with E-state index in [-0.39, 0.29) is 0 Å². The first-order valence-electron chi connectivity index (χ1n) is 9.18. The predicted molar refractivity (Wildman–Crippen MR) is 96.9 cm³/mol. The van der Waals surface area contributed by atoms with Crippen molar-refractivity contribution in [3.05, 3.63) is 0 Å². The van der Waals surface area contributed by atoms with Crippen LogP contribution in [0, 0.1) is 0 Å². The van der Waals surface area contributed by atoms with Gasteiger partial charge in [0.2, 0.25) is 0 Å². The molecule has 0 aliphatic carbocycles. The van der Waals surface area contributed by atoms with E-state index in [2.05, 4.69) is 6.92 Å². The molecule has 0 heterocycles. The minimum atomic E-state index is -1.73. The molecule has 0 saturated carbocycles. The first-order chi connectivity index (χ1) is 11.1. The Kier molecular flexibility index (Phi) is 23.3. The number of carboxylic acid groups (broad SMARTS) is 1. The molecule has 140 valence electrons. The Labute approximate surface area is 144 Å². The Morgan fingerprint density at radius 3 is 1.48 bits per heavy atom. The molecule has 0 fully saturated rings. The van der Waals surface area contributed by atoms with Gasteiger partial charge in [0.05, 0.1) is 0 Å². The highest BCUT2D eigenvalue weighted by atomic mass is 28.3. The van der Waals surface area contributed by atoms with Crippen molar-refractivity contribution in [3.63, 3.8) is 0 Å². The standard InChI is InChI=1S/C11H22O2.C6H16O3Si/c1-2-3-4-5-6-7-8-9-10-11(12)13;1-4-7-10(8-5-2)9-6-3/h2-10H2,1H3,(H,12,13);10H,4-6H2,1-3H3. The van der Waals surface area contributed by atoms with E-state index in [1.54, 1.807) is 0 Å². The summed E-state index contributed by atoms with van der Waals surface area (Å²) in [5.41, 5.74) is 0. The van der Waals surface area contributed by atoms with Gasteiger partial charge in [-0.15, -0.1) is 0 Å². The van der Waals surface area contributed by atoms with Gasteiger partial charge >= 0.3 is 15.5 Å². The summed E-state index contributed by atoms with van der Waals surface area (Å²) in [6, 6.07) is 0. The molecular weight excluding hydrogens is 312 g/mol. The number of hydrogen-bond acceptors (Lipinski definition) is 4. The highest BCUT2D eigenvalue weighted by molar-refractivity contribution is 6.36. The van der Waals surface area contributed by atoms with Crippen molar-refractivity contribution in [3.8, 4) is 0 Å². The van der Waals surface area contributed by atoms with E-state index in [0.717, 1.165) is 12.8 Å². The molecule has 0 saturated heterocycles. The summed E-state index contributed by atoms with van der Waals surface area (Å²) < 4.78 is 15.7. The van der Waals surface area contributed by atoms with Crippen LogP contribution in [0.2, 0.25) is 0 Å². The maximum absolute atomic E-state index is 10.2. The van der Waals surface area contributed by atoms with E-state index >= 15 is 0 Å². The second-order valence-corrected chi connectivity index (χ2v) is 6.85. The highest BCUT2D eigenvalue weighted by Crippen LogP contribution is 2.09. The van der Waals surface area contributed by atoms with Crippen LogP contribution < -0.4 is 0 Å². The maximum Gasteiger partial charge on any atom is 0.484 e. The molecule has 1 N–H and O–H groups in total. The molecule has 0 rings (SSSR count). The van der Waals surface area contributed by atoms with Crippen LogP contribution in [-0.4, -0.2) is 40.4 Å². The minimum Gasteiger partial charge on any atom is -0.481 e. The topological polar surface area (TPSA) is 65.0 Å². The van der Waals surface area contributed by atoms with Gasteiger partial charge in [0, 0.05) is 26.2 Å². The quantitative estimate of drug-likeness (QED) is 0.350.